The van der Waals surface area contributed by atoms with E-state index in [2.05, 4.69) is 5.32 Å². The van der Waals surface area contributed by atoms with Crippen LogP contribution in [0.2, 0.25) is 0 Å². The molecule has 2 heterocycles. The molecule has 1 N–H and O–H groups in total. The third kappa shape index (κ3) is 17.0. The SMILES string of the molecule is CCC(C(=O)N1CCCCC1C(=O)O[C@H](CCc1ccc(OC)c(OC)c1)c1cccc(OCC(=O)NCCOCCOCCOc2ccc(C3CCC(=O)N(C(=O)OC(C)(C)C)C3=O)cc2)c1)c1cc(OC)c(OC)c(OC)c1. The molecule has 0 aromatic heterocycles. The highest BCUT2D eigenvalue weighted by atomic mass is 16.6. The summed E-state index contributed by atoms with van der Waals surface area (Å²) in [6, 6.07) is 22.4. The number of nitrogens with zero attached hydrogens (tertiary/aromatic N) is 2. The van der Waals surface area contributed by atoms with Gasteiger partial charge < -0.3 is 62.3 Å². The van der Waals surface area contributed by atoms with E-state index in [1.54, 1.807) is 94.5 Å². The summed E-state index contributed by atoms with van der Waals surface area (Å²) >= 11 is 0. The maximum absolute atomic E-state index is 14.5. The molecular weight excluding hydrogens is 1030 g/mol. The molecule has 80 heavy (non-hydrogen) atoms. The lowest BCUT2D eigenvalue weighted by molar-refractivity contribution is -0.162. The van der Waals surface area contributed by atoms with E-state index in [4.69, 9.17) is 52.1 Å². The van der Waals surface area contributed by atoms with E-state index in [1.807, 2.05) is 31.2 Å². The van der Waals surface area contributed by atoms with Crippen LogP contribution in [0, 0.1) is 0 Å². The third-order valence-electron chi connectivity index (χ3n) is 13.6. The molecule has 434 valence electrons. The molecule has 20 heteroatoms. The number of imide groups is 3. The summed E-state index contributed by atoms with van der Waals surface area (Å²) in [4.78, 5) is 82.3. The minimum atomic E-state index is -0.969. The Kier molecular flexibility index (Phi) is 23.2. The molecule has 0 bridgehead atoms. The van der Waals surface area contributed by atoms with Gasteiger partial charge >= 0.3 is 12.1 Å². The number of piperidine rings is 2. The number of methoxy groups -OCH3 is 5. The van der Waals surface area contributed by atoms with Gasteiger partial charge in [-0.1, -0.05) is 37.3 Å². The number of amides is 5. The van der Waals surface area contributed by atoms with E-state index >= 15 is 0 Å². The molecule has 20 nitrogen and oxygen atoms in total. The highest BCUT2D eigenvalue weighted by molar-refractivity contribution is 6.12. The van der Waals surface area contributed by atoms with Crippen LogP contribution in [0.1, 0.15) is 113 Å². The van der Waals surface area contributed by atoms with Crippen molar-refractivity contribution in [3.8, 4) is 40.2 Å². The second kappa shape index (κ2) is 30.1. The molecule has 4 aromatic rings. The van der Waals surface area contributed by atoms with Crippen molar-refractivity contribution in [2.45, 2.75) is 109 Å². The van der Waals surface area contributed by atoms with Crippen molar-refractivity contribution in [3.63, 3.8) is 0 Å². The Bertz CT molecular complexity index is 2700. The summed E-state index contributed by atoms with van der Waals surface area (Å²) < 4.78 is 62.4. The molecule has 5 amide bonds. The summed E-state index contributed by atoms with van der Waals surface area (Å²) in [6.45, 7) is 8.63. The summed E-state index contributed by atoms with van der Waals surface area (Å²) in [5.74, 6) is -0.153. The lowest BCUT2D eigenvalue weighted by Crippen LogP contribution is -2.50. The Labute approximate surface area is 468 Å². The zero-order valence-electron chi connectivity index (χ0n) is 47.5. The van der Waals surface area contributed by atoms with E-state index in [0.29, 0.717) is 101 Å². The minimum Gasteiger partial charge on any atom is -0.493 e. The smallest absolute Gasteiger partial charge is 0.424 e. The Morgan fingerprint density at radius 1 is 0.700 bits per heavy atom. The Balaban J connectivity index is 0.968. The van der Waals surface area contributed by atoms with Crippen LogP contribution in [-0.2, 0) is 49.3 Å². The van der Waals surface area contributed by atoms with Gasteiger partial charge in [-0.05, 0) is 137 Å². The van der Waals surface area contributed by atoms with Crippen molar-refractivity contribution in [2.24, 2.45) is 0 Å². The number of rotatable bonds is 28. The Hall–Kier alpha value is -7.58. The van der Waals surface area contributed by atoms with E-state index in [0.717, 1.165) is 18.4 Å². The zero-order valence-corrected chi connectivity index (χ0v) is 47.5. The van der Waals surface area contributed by atoms with E-state index in [9.17, 15) is 28.8 Å². The molecule has 0 aliphatic carbocycles. The maximum atomic E-state index is 14.5. The summed E-state index contributed by atoms with van der Waals surface area (Å²) in [5, 5.41) is 2.79. The number of benzene rings is 4. The van der Waals surface area contributed by atoms with Crippen LogP contribution in [0.5, 0.6) is 40.2 Å². The molecule has 4 atom stereocenters. The van der Waals surface area contributed by atoms with Gasteiger partial charge in [0.2, 0.25) is 23.5 Å². The van der Waals surface area contributed by atoms with Crippen molar-refractivity contribution in [1.82, 2.24) is 15.1 Å². The number of nitrogens with one attached hydrogen (secondary N) is 1. The second-order valence-electron chi connectivity index (χ2n) is 20.1. The molecule has 3 unspecified atom stereocenters. The Morgan fingerprint density at radius 2 is 1.39 bits per heavy atom. The molecule has 4 aromatic carbocycles. The highest BCUT2D eigenvalue weighted by Gasteiger charge is 2.42. The lowest BCUT2D eigenvalue weighted by Gasteiger charge is -2.37. The molecule has 0 saturated carbocycles. The maximum Gasteiger partial charge on any atom is 0.424 e. The van der Waals surface area contributed by atoms with Crippen LogP contribution >= 0.6 is 0 Å². The van der Waals surface area contributed by atoms with E-state index in [1.165, 1.54) is 21.3 Å². The van der Waals surface area contributed by atoms with Crippen LogP contribution in [0.4, 0.5) is 4.79 Å². The van der Waals surface area contributed by atoms with Gasteiger partial charge in [0.25, 0.3) is 5.91 Å². The fraction of sp³-hybridized carbons (Fsp3) is 0.500. The number of ether oxygens (including phenoxy) is 11. The number of carbonyl (C=O) groups is 6. The fourth-order valence-corrected chi connectivity index (χ4v) is 9.54. The number of hydrogen-bond donors (Lipinski definition) is 1. The van der Waals surface area contributed by atoms with Crippen LogP contribution in [0.3, 0.4) is 0 Å². The summed E-state index contributed by atoms with van der Waals surface area (Å²) in [5.41, 5.74) is 2.05. The number of esters is 1. The zero-order chi connectivity index (χ0) is 57.8. The van der Waals surface area contributed by atoms with Crippen LogP contribution in [-0.4, -0.2) is 145 Å². The third-order valence-corrected chi connectivity index (χ3v) is 13.6. The number of carbonyl (C=O) groups excluding carboxylic acids is 6. The van der Waals surface area contributed by atoms with Gasteiger partial charge in [-0.2, -0.15) is 4.90 Å². The van der Waals surface area contributed by atoms with Crippen molar-refractivity contribution >= 4 is 35.7 Å². The average molecular weight is 1110 g/mol. The topological polar surface area (TPSA) is 222 Å². The first-order chi connectivity index (χ1) is 38.5. The predicted molar refractivity (Wildman–Crippen MR) is 294 cm³/mol. The molecule has 2 aliphatic heterocycles. The van der Waals surface area contributed by atoms with Crippen LogP contribution < -0.4 is 38.5 Å². The number of hydrogen-bond acceptors (Lipinski definition) is 17. The summed E-state index contributed by atoms with van der Waals surface area (Å²) in [7, 11) is 7.70. The first kappa shape index (κ1) is 61.6. The largest absolute Gasteiger partial charge is 0.493 e. The highest BCUT2D eigenvalue weighted by Crippen LogP contribution is 2.42. The Morgan fingerprint density at radius 3 is 2.05 bits per heavy atom. The van der Waals surface area contributed by atoms with Crippen molar-refractivity contribution in [1.29, 1.82) is 0 Å². The molecular formula is C60H77N3O17. The molecule has 6 rings (SSSR count). The quantitative estimate of drug-likeness (QED) is 0.0321. The number of aryl methyl sites for hydroxylation is 1. The van der Waals surface area contributed by atoms with E-state index in [-0.39, 0.29) is 64.2 Å². The second-order valence-corrected chi connectivity index (χ2v) is 20.1. The van der Waals surface area contributed by atoms with Gasteiger partial charge in [0.05, 0.1) is 73.8 Å². The first-order valence-corrected chi connectivity index (χ1v) is 27.0. The predicted octanol–water partition coefficient (Wildman–Crippen LogP) is 8.30. The molecule has 2 fully saturated rings. The van der Waals surface area contributed by atoms with Gasteiger partial charge in [-0.25, -0.2) is 9.59 Å². The number of likely N-dealkylation sites (tertiary alicyclic amines) is 2. The van der Waals surface area contributed by atoms with Crippen LogP contribution in [0.15, 0.2) is 78.9 Å². The standard InChI is InChI=1S/C60H77N3O17/c1-10-45(42-36-51(72-7)55(74-9)52(37-42)73-8)56(66)62-28-12-11-16-47(62)58(68)79-48(24-17-39-18-25-49(70-5)50(34-39)71-6)41-14-13-15-44(35-41)78-38-53(64)61-27-29-75-30-31-76-32-33-77-43-21-19-40(20-22-43)46-23-26-54(65)63(57(46)67)59(69)80-60(2,3)4/h13-15,18-22,25,34-37,45-48H,10-12,16-17,23-24,26-33,38H2,1-9H3,(H,61,64)/t45?,46?,47?,48-/m1/s1. The van der Waals surface area contributed by atoms with Crippen molar-refractivity contribution in [3.05, 3.63) is 101 Å². The average Bonchev–Trinajstić information content (AvgIpc) is 3.51. The van der Waals surface area contributed by atoms with Gasteiger partial charge in [-0.15, -0.1) is 0 Å². The first-order valence-electron chi connectivity index (χ1n) is 27.0. The van der Waals surface area contributed by atoms with Crippen molar-refractivity contribution in [2.75, 3.05) is 88.3 Å². The molecule has 0 spiro atoms. The van der Waals surface area contributed by atoms with Gasteiger partial charge in [0, 0.05) is 19.5 Å². The van der Waals surface area contributed by atoms with E-state index < -0.39 is 53.5 Å². The molecule has 2 saturated heterocycles. The lowest BCUT2D eigenvalue weighted by atomic mass is 9.89. The molecule has 0 radical (unpaired) electrons. The monoisotopic (exact) mass is 1110 g/mol. The van der Waals surface area contributed by atoms with Crippen LogP contribution in [0.25, 0.3) is 0 Å². The van der Waals surface area contributed by atoms with Crippen molar-refractivity contribution < 1.29 is 80.9 Å². The van der Waals surface area contributed by atoms with Gasteiger partial charge in [0.15, 0.2) is 29.6 Å². The normalized spacial score (nSPS) is 16.2. The summed E-state index contributed by atoms with van der Waals surface area (Å²) in [6.07, 6.45) is 1.85. The fourth-order valence-electron chi connectivity index (χ4n) is 9.54. The van der Waals surface area contributed by atoms with Gasteiger partial charge in [-0.3, -0.25) is 19.2 Å². The molecule has 2 aliphatic rings. The minimum absolute atomic E-state index is 0.0439. The van der Waals surface area contributed by atoms with Gasteiger partial charge in [0.1, 0.15) is 35.9 Å².